The van der Waals surface area contributed by atoms with Crippen LogP contribution in [0.1, 0.15) is 37.8 Å². The van der Waals surface area contributed by atoms with Crippen molar-refractivity contribution in [2.75, 3.05) is 0 Å². The van der Waals surface area contributed by atoms with E-state index in [2.05, 4.69) is 37.3 Å². The van der Waals surface area contributed by atoms with Crippen molar-refractivity contribution in [1.29, 1.82) is 5.41 Å². The Morgan fingerprint density at radius 3 is 1.96 bits per heavy atom. The molecular weight excluding hydrogens is 278 g/mol. The minimum absolute atomic E-state index is 0.623. The third kappa shape index (κ3) is 5.71. The van der Waals surface area contributed by atoms with Crippen LogP contribution in [0.15, 0.2) is 84.0 Å². The second-order valence-electron chi connectivity index (χ2n) is 5.63. The molecule has 1 N–H and O–H groups in total. The van der Waals surface area contributed by atoms with Gasteiger partial charge in [-0.1, -0.05) is 85.3 Å². The first-order chi connectivity index (χ1) is 11.2. The molecule has 2 aromatic rings. The largest absolute Gasteiger partial charge is 0.300 e. The van der Waals surface area contributed by atoms with E-state index in [1.54, 1.807) is 0 Å². The van der Waals surface area contributed by atoms with Gasteiger partial charge in [0.25, 0.3) is 0 Å². The van der Waals surface area contributed by atoms with E-state index < -0.39 is 0 Å². The number of benzene rings is 2. The van der Waals surface area contributed by atoms with E-state index >= 15 is 0 Å². The van der Waals surface area contributed by atoms with Crippen LogP contribution >= 0.6 is 0 Å². The summed E-state index contributed by atoms with van der Waals surface area (Å²) in [6.07, 6.45) is 7.72. The Kier molecular flexibility index (Phi) is 6.56. The Hall–Kier alpha value is -2.41. The van der Waals surface area contributed by atoms with Gasteiger partial charge in [-0.3, -0.25) is 5.41 Å². The fourth-order valence-electron chi connectivity index (χ4n) is 2.22. The monoisotopic (exact) mass is 303 g/mol. The van der Waals surface area contributed by atoms with Gasteiger partial charge in [-0.05, 0) is 42.9 Å². The maximum absolute atomic E-state index is 8.10. The van der Waals surface area contributed by atoms with Crippen molar-refractivity contribution >= 4 is 5.71 Å². The molecule has 0 saturated heterocycles. The lowest BCUT2D eigenvalue weighted by Gasteiger charge is -2.04. The van der Waals surface area contributed by atoms with Crippen LogP contribution in [0.4, 0.5) is 0 Å². The zero-order valence-electron chi connectivity index (χ0n) is 14.0. The number of allylic oxidation sites excluding steroid dienone is 4. The third-order valence-electron chi connectivity index (χ3n) is 3.81. The molecule has 0 unspecified atom stereocenters. The van der Waals surface area contributed by atoms with Gasteiger partial charge < -0.3 is 0 Å². The first-order valence-corrected chi connectivity index (χ1v) is 8.28. The number of nitrogens with one attached hydrogen (secondary N) is 1. The summed E-state index contributed by atoms with van der Waals surface area (Å²) in [5, 5.41) is 8.10. The standard InChI is InChI=1S/C14H15N.C8H10/c1-2-12(10-11-8-9-11)14(15)13-6-4-3-5-7-13;1-2-8-6-4-3-5-7-8/h2-7,10,15H,8-9H2,1H3;3-7H,2H2,1H3/b12-2-,15-14?;. The molecule has 1 fully saturated rings. The van der Waals surface area contributed by atoms with Crippen LogP contribution in [0.5, 0.6) is 0 Å². The van der Waals surface area contributed by atoms with Gasteiger partial charge in [0.1, 0.15) is 0 Å². The van der Waals surface area contributed by atoms with Crippen molar-refractivity contribution in [3.63, 3.8) is 0 Å². The zero-order valence-corrected chi connectivity index (χ0v) is 14.0. The number of hydrogen-bond donors (Lipinski definition) is 1. The summed E-state index contributed by atoms with van der Waals surface area (Å²) in [6, 6.07) is 20.3. The van der Waals surface area contributed by atoms with Gasteiger partial charge in [-0.25, -0.2) is 0 Å². The molecule has 1 nitrogen and oxygen atoms in total. The topological polar surface area (TPSA) is 23.9 Å². The van der Waals surface area contributed by atoms with Crippen molar-refractivity contribution in [1.82, 2.24) is 0 Å². The summed E-state index contributed by atoms with van der Waals surface area (Å²) < 4.78 is 0. The Labute approximate surface area is 139 Å². The van der Waals surface area contributed by atoms with Gasteiger partial charge in [0, 0.05) is 0 Å². The van der Waals surface area contributed by atoms with Crippen LogP contribution in [0.25, 0.3) is 0 Å². The molecular formula is C22H25N. The summed E-state index contributed by atoms with van der Waals surface area (Å²) >= 11 is 0. The molecule has 1 heteroatoms. The van der Waals surface area contributed by atoms with Crippen LogP contribution in [0.3, 0.4) is 0 Å². The molecule has 1 aliphatic rings. The van der Waals surface area contributed by atoms with Crippen molar-refractivity contribution in [3.05, 3.63) is 95.1 Å². The predicted molar refractivity (Wildman–Crippen MR) is 100 cm³/mol. The summed E-state index contributed by atoms with van der Waals surface area (Å²) in [5.74, 6) is 0. The highest BCUT2D eigenvalue weighted by Crippen LogP contribution is 2.29. The van der Waals surface area contributed by atoms with Crippen LogP contribution in [0.2, 0.25) is 0 Å². The highest BCUT2D eigenvalue weighted by Gasteiger charge is 2.13. The number of aryl methyl sites for hydroxylation is 1. The third-order valence-corrected chi connectivity index (χ3v) is 3.81. The van der Waals surface area contributed by atoms with Crippen molar-refractivity contribution < 1.29 is 0 Å². The average molecular weight is 303 g/mol. The lowest BCUT2D eigenvalue weighted by Crippen LogP contribution is -2.00. The maximum Gasteiger partial charge on any atom is 0.0681 e. The second kappa shape index (κ2) is 8.89. The molecule has 0 radical (unpaired) electrons. The first kappa shape index (κ1) is 17.0. The predicted octanol–water partition coefficient (Wildman–Crippen LogP) is 5.97. The van der Waals surface area contributed by atoms with E-state index in [1.165, 1.54) is 24.0 Å². The Bertz CT molecular complexity index is 672. The van der Waals surface area contributed by atoms with E-state index in [9.17, 15) is 0 Å². The molecule has 118 valence electrons. The molecule has 23 heavy (non-hydrogen) atoms. The molecule has 0 aromatic heterocycles. The second-order valence-corrected chi connectivity index (χ2v) is 5.63. The summed E-state index contributed by atoms with van der Waals surface area (Å²) in [7, 11) is 0. The summed E-state index contributed by atoms with van der Waals surface area (Å²) in [5.41, 5.74) is 5.52. The summed E-state index contributed by atoms with van der Waals surface area (Å²) in [6.45, 7) is 4.15. The van der Waals surface area contributed by atoms with E-state index in [-0.39, 0.29) is 0 Å². The maximum atomic E-state index is 8.10. The highest BCUT2D eigenvalue weighted by molar-refractivity contribution is 6.12. The molecule has 0 atom stereocenters. The van der Waals surface area contributed by atoms with E-state index in [0.717, 1.165) is 17.6 Å². The number of rotatable bonds is 4. The molecule has 0 aliphatic heterocycles. The lowest BCUT2D eigenvalue weighted by atomic mass is 10.0. The molecule has 0 amide bonds. The fourth-order valence-corrected chi connectivity index (χ4v) is 2.22. The number of hydrogen-bond acceptors (Lipinski definition) is 1. The Morgan fingerprint density at radius 2 is 1.52 bits per heavy atom. The first-order valence-electron chi connectivity index (χ1n) is 8.28. The van der Waals surface area contributed by atoms with E-state index in [0.29, 0.717) is 5.71 Å². The van der Waals surface area contributed by atoms with Crippen LogP contribution < -0.4 is 0 Å². The minimum Gasteiger partial charge on any atom is -0.300 e. The van der Waals surface area contributed by atoms with Crippen molar-refractivity contribution in [3.8, 4) is 0 Å². The molecule has 0 bridgehead atoms. The average Bonchev–Trinajstić information content (AvgIpc) is 3.45. The minimum atomic E-state index is 0.623. The normalized spacial score (nSPS) is 13.0. The molecule has 0 heterocycles. The molecule has 1 aliphatic carbocycles. The summed E-state index contributed by atoms with van der Waals surface area (Å²) in [4.78, 5) is 0. The van der Waals surface area contributed by atoms with Gasteiger partial charge in [0.15, 0.2) is 0 Å². The van der Waals surface area contributed by atoms with Crippen LogP contribution in [-0.2, 0) is 6.42 Å². The Morgan fingerprint density at radius 1 is 0.957 bits per heavy atom. The van der Waals surface area contributed by atoms with Gasteiger partial charge in [-0.2, -0.15) is 0 Å². The molecule has 2 aromatic carbocycles. The zero-order chi connectivity index (χ0) is 16.5. The van der Waals surface area contributed by atoms with Gasteiger partial charge in [0.2, 0.25) is 0 Å². The van der Waals surface area contributed by atoms with Gasteiger partial charge in [-0.15, -0.1) is 0 Å². The highest BCUT2D eigenvalue weighted by atomic mass is 14.4. The van der Waals surface area contributed by atoms with Gasteiger partial charge >= 0.3 is 0 Å². The molecule has 0 spiro atoms. The fraction of sp³-hybridized carbons (Fsp3) is 0.227. The van der Waals surface area contributed by atoms with E-state index in [4.69, 9.17) is 5.41 Å². The van der Waals surface area contributed by atoms with Crippen LogP contribution in [0, 0.1) is 5.41 Å². The SMILES string of the molecule is C/C=C(/C=C1CC1)C(=N)c1ccccc1.CCc1ccccc1. The smallest absolute Gasteiger partial charge is 0.0681 e. The van der Waals surface area contributed by atoms with Crippen molar-refractivity contribution in [2.45, 2.75) is 33.1 Å². The van der Waals surface area contributed by atoms with Crippen LogP contribution in [-0.4, -0.2) is 5.71 Å². The lowest BCUT2D eigenvalue weighted by molar-refractivity contribution is 1.14. The van der Waals surface area contributed by atoms with Gasteiger partial charge in [0.05, 0.1) is 5.71 Å². The van der Waals surface area contributed by atoms with E-state index in [1.807, 2.05) is 49.4 Å². The Balaban J connectivity index is 0.000000203. The molecule has 1 saturated carbocycles. The quantitative estimate of drug-likeness (QED) is 0.673. The molecule has 3 rings (SSSR count). The van der Waals surface area contributed by atoms with Crippen molar-refractivity contribution in [2.24, 2.45) is 0 Å².